The van der Waals surface area contributed by atoms with Gasteiger partial charge in [-0.3, -0.25) is 9.88 Å². The lowest BCUT2D eigenvalue weighted by molar-refractivity contribution is 0.107. The minimum absolute atomic E-state index is 0.00518. The largest absolute Gasteiger partial charge is 0.508 e. The smallest absolute Gasteiger partial charge is 0.319 e. The SMILES string of the molecule is C#Cc1c(F)ccc2cc(O)cc(-c3ncc4c(N5C[C@H]6CC[C@@H](C5)N6)nc(OC[C@@]56CCCN5C[C@H](F)C6)nc4c3O)c12. The molecule has 9 nitrogen and oxygen atoms in total. The molecule has 3 N–H and O–H groups in total. The number of terminal acetylenes is 1. The Morgan fingerprint density at radius 3 is 2.75 bits per heavy atom. The number of aromatic nitrogens is 3. The van der Waals surface area contributed by atoms with Crippen molar-refractivity contribution >= 4 is 27.5 Å². The number of hydrogen-bond acceptors (Lipinski definition) is 9. The van der Waals surface area contributed by atoms with Crippen LogP contribution in [-0.4, -0.2) is 86.6 Å². The minimum atomic E-state index is -0.893. The Hall–Kier alpha value is -4.27. The first-order valence-electron chi connectivity index (χ1n) is 15.2. The van der Waals surface area contributed by atoms with Crippen molar-refractivity contribution in [2.45, 2.75) is 55.9 Å². The predicted octanol–water partition coefficient (Wildman–Crippen LogP) is 4.27. The number of aromatic hydroxyl groups is 2. The number of pyridine rings is 1. The Labute approximate surface area is 252 Å². The number of alkyl halides is 1. The van der Waals surface area contributed by atoms with Crippen molar-refractivity contribution in [1.29, 1.82) is 0 Å². The number of nitrogens with one attached hydrogen (secondary N) is 1. The molecule has 4 aliphatic heterocycles. The maximum absolute atomic E-state index is 14.8. The summed E-state index contributed by atoms with van der Waals surface area (Å²) >= 11 is 0. The third-order valence-electron chi connectivity index (χ3n) is 9.87. The van der Waals surface area contributed by atoms with Gasteiger partial charge in [0, 0.05) is 55.3 Å². The molecular formula is C33H32F2N6O3. The summed E-state index contributed by atoms with van der Waals surface area (Å²) in [6, 6.07) is 6.40. The molecule has 4 fully saturated rings. The molecule has 2 bridgehead atoms. The number of hydrogen-bond donors (Lipinski definition) is 3. The lowest BCUT2D eigenvalue weighted by Gasteiger charge is -2.34. The molecule has 0 unspecified atom stereocenters. The molecule has 0 spiro atoms. The van der Waals surface area contributed by atoms with E-state index in [0.29, 0.717) is 47.0 Å². The number of benzene rings is 2. The van der Waals surface area contributed by atoms with Gasteiger partial charge in [-0.15, -0.1) is 6.42 Å². The van der Waals surface area contributed by atoms with Crippen LogP contribution in [0.25, 0.3) is 32.9 Å². The standard InChI is InChI=1S/C33H32F2N6O3/c1-2-23-26(35)7-4-18-10-22(42)11-24(27(18)23)28-30(43)29-25(13-36-28)31(40-15-20-5-6-21(16-40)37-20)39-32(38-29)44-17-33-8-3-9-41(33)14-19(34)12-33/h1,4,7,10-11,13,19-21,37,42-43H,3,5-6,8-9,12,14-17H2/t19-,20-,21+,33+/m1/s1. The van der Waals surface area contributed by atoms with Gasteiger partial charge in [-0.05, 0) is 55.8 Å². The third kappa shape index (κ3) is 4.31. The van der Waals surface area contributed by atoms with E-state index in [4.69, 9.17) is 16.1 Å². The Morgan fingerprint density at radius 2 is 1.95 bits per heavy atom. The molecule has 6 heterocycles. The van der Waals surface area contributed by atoms with Crippen LogP contribution in [-0.2, 0) is 0 Å². The number of anilines is 1. The Balaban J connectivity index is 1.28. The summed E-state index contributed by atoms with van der Waals surface area (Å²) in [4.78, 5) is 18.5. The van der Waals surface area contributed by atoms with Crippen molar-refractivity contribution in [1.82, 2.24) is 25.2 Å². The van der Waals surface area contributed by atoms with Crippen LogP contribution in [0.5, 0.6) is 17.5 Å². The number of nitrogens with zero attached hydrogens (tertiary/aromatic N) is 5. The van der Waals surface area contributed by atoms with Crippen LogP contribution in [0, 0.1) is 18.2 Å². The summed E-state index contributed by atoms with van der Waals surface area (Å²) in [7, 11) is 0. The highest BCUT2D eigenvalue weighted by Crippen LogP contribution is 2.44. The number of ether oxygens (including phenoxy) is 1. The van der Waals surface area contributed by atoms with Gasteiger partial charge in [0.15, 0.2) is 5.75 Å². The zero-order valence-electron chi connectivity index (χ0n) is 24.1. The van der Waals surface area contributed by atoms with Crippen LogP contribution in [0.1, 0.15) is 37.7 Å². The molecule has 2 aromatic carbocycles. The van der Waals surface area contributed by atoms with Crippen LogP contribution in [0.4, 0.5) is 14.6 Å². The van der Waals surface area contributed by atoms with Crippen LogP contribution in [0.3, 0.4) is 0 Å². The van der Waals surface area contributed by atoms with E-state index in [2.05, 4.69) is 31.0 Å². The van der Waals surface area contributed by atoms with Crippen LogP contribution < -0.4 is 15.0 Å². The van der Waals surface area contributed by atoms with Crippen molar-refractivity contribution in [2.24, 2.45) is 0 Å². The van der Waals surface area contributed by atoms with Gasteiger partial charge in [-0.1, -0.05) is 12.0 Å². The van der Waals surface area contributed by atoms with E-state index < -0.39 is 17.5 Å². The fourth-order valence-corrected chi connectivity index (χ4v) is 7.91. The molecule has 4 atom stereocenters. The normalized spacial score (nSPS) is 26.4. The highest BCUT2D eigenvalue weighted by molar-refractivity contribution is 6.05. The van der Waals surface area contributed by atoms with Gasteiger partial charge >= 0.3 is 6.01 Å². The average molecular weight is 599 g/mol. The first kappa shape index (κ1) is 27.3. The van der Waals surface area contributed by atoms with Crippen molar-refractivity contribution in [3.05, 3.63) is 41.8 Å². The van der Waals surface area contributed by atoms with Crippen molar-refractivity contribution in [3.63, 3.8) is 0 Å². The van der Waals surface area contributed by atoms with Crippen molar-refractivity contribution < 1.29 is 23.7 Å². The first-order chi connectivity index (χ1) is 21.3. The van der Waals surface area contributed by atoms with E-state index in [1.165, 1.54) is 24.3 Å². The van der Waals surface area contributed by atoms with Crippen LogP contribution >= 0.6 is 0 Å². The summed E-state index contributed by atoms with van der Waals surface area (Å²) in [6.45, 7) is 2.95. The number of rotatable bonds is 5. The fourth-order valence-electron chi connectivity index (χ4n) is 7.91. The van der Waals surface area contributed by atoms with Gasteiger partial charge in [0.1, 0.15) is 41.4 Å². The number of piperazine rings is 1. The summed E-state index contributed by atoms with van der Waals surface area (Å²) in [5, 5.41) is 27.4. The monoisotopic (exact) mass is 598 g/mol. The molecule has 2 aromatic heterocycles. The second-order valence-electron chi connectivity index (χ2n) is 12.6. The van der Waals surface area contributed by atoms with Gasteiger partial charge in [0.05, 0.1) is 16.5 Å². The molecule has 0 amide bonds. The Kier molecular flexibility index (Phi) is 6.29. The van der Waals surface area contributed by atoms with Crippen molar-refractivity contribution in [3.8, 4) is 41.1 Å². The molecule has 226 valence electrons. The topological polar surface area (TPSA) is 107 Å². The molecule has 0 aliphatic carbocycles. The minimum Gasteiger partial charge on any atom is -0.508 e. The molecule has 4 aliphatic rings. The van der Waals surface area contributed by atoms with E-state index in [1.807, 2.05) is 0 Å². The van der Waals surface area contributed by atoms with Crippen molar-refractivity contribution in [2.75, 3.05) is 37.7 Å². The van der Waals surface area contributed by atoms with E-state index in [-0.39, 0.29) is 46.5 Å². The molecule has 0 radical (unpaired) electrons. The molecule has 11 heteroatoms. The molecule has 4 saturated heterocycles. The molecule has 0 saturated carbocycles. The number of halogens is 2. The van der Waals surface area contributed by atoms with Gasteiger partial charge in [-0.2, -0.15) is 9.97 Å². The number of phenols is 1. The molecule has 44 heavy (non-hydrogen) atoms. The van der Waals surface area contributed by atoms with Crippen LogP contribution in [0.15, 0.2) is 30.5 Å². The van der Waals surface area contributed by atoms with Gasteiger partial charge in [-0.25, -0.2) is 8.78 Å². The van der Waals surface area contributed by atoms with Crippen LogP contribution in [0.2, 0.25) is 0 Å². The van der Waals surface area contributed by atoms with Gasteiger partial charge < -0.3 is 25.2 Å². The van der Waals surface area contributed by atoms with E-state index in [1.54, 1.807) is 6.20 Å². The summed E-state index contributed by atoms with van der Waals surface area (Å²) in [6.07, 6.45) is 10.8. The molecule has 8 rings (SSSR count). The second-order valence-corrected chi connectivity index (χ2v) is 12.6. The zero-order valence-corrected chi connectivity index (χ0v) is 24.1. The average Bonchev–Trinajstić information content (AvgIpc) is 3.66. The van der Waals surface area contributed by atoms with E-state index in [9.17, 15) is 19.0 Å². The Morgan fingerprint density at radius 1 is 1.14 bits per heavy atom. The summed E-state index contributed by atoms with van der Waals surface area (Å²) in [5.74, 6) is 2.06. The first-order valence-corrected chi connectivity index (χ1v) is 15.2. The van der Waals surface area contributed by atoms with E-state index in [0.717, 1.165) is 45.3 Å². The predicted molar refractivity (Wildman–Crippen MR) is 162 cm³/mol. The fraction of sp³-hybridized carbons (Fsp3) is 0.424. The molecular weight excluding hydrogens is 566 g/mol. The maximum Gasteiger partial charge on any atom is 0.319 e. The number of phenolic OH excluding ortho intramolecular Hbond substituents is 1. The molecule has 4 aromatic rings. The lowest BCUT2D eigenvalue weighted by atomic mass is 9.95. The maximum atomic E-state index is 14.8. The third-order valence-corrected chi connectivity index (χ3v) is 9.87. The summed E-state index contributed by atoms with van der Waals surface area (Å²) in [5.41, 5.74) is 0.189. The zero-order chi connectivity index (χ0) is 30.2. The van der Waals surface area contributed by atoms with Gasteiger partial charge in [0.2, 0.25) is 0 Å². The summed E-state index contributed by atoms with van der Waals surface area (Å²) < 4.78 is 35.5. The second kappa shape index (κ2) is 10.1. The van der Waals surface area contributed by atoms with E-state index >= 15 is 0 Å². The highest BCUT2D eigenvalue weighted by atomic mass is 19.1. The lowest BCUT2D eigenvalue weighted by Crippen LogP contribution is -2.51. The Bertz CT molecular complexity index is 1850. The van der Waals surface area contributed by atoms with Gasteiger partial charge in [0.25, 0.3) is 0 Å². The number of fused-ring (bicyclic) bond motifs is 5. The quantitative estimate of drug-likeness (QED) is 0.291. The highest BCUT2D eigenvalue weighted by Gasteiger charge is 2.49.